The van der Waals surface area contributed by atoms with Crippen LogP contribution in [0, 0.1) is 11.3 Å². The molecule has 80 valence electrons. The largest absolute Gasteiger partial charge is 0.369 e. The predicted molar refractivity (Wildman–Crippen MR) is 59.7 cm³/mol. The van der Waals surface area contributed by atoms with Crippen LogP contribution in [0.1, 0.15) is 13.3 Å². The molecule has 15 heavy (non-hydrogen) atoms. The van der Waals surface area contributed by atoms with Crippen LogP contribution in [0.25, 0.3) is 0 Å². The average molecular weight is 205 g/mol. The van der Waals surface area contributed by atoms with Crippen LogP contribution in [-0.2, 0) is 0 Å². The van der Waals surface area contributed by atoms with Crippen molar-refractivity contribution in [2.24, 2.45) is 0 Å². The molecular weight excluding hydrogens is 190 g/mol. The fourth-order valence-corrected chi connectivity index (χ4v) is 1.14. The van der Waals surface area contributed by atoms with Gasteiger partial charge in [0.15, 0.2) is 0 Å². The Hall–Kier alpha value is -1.83. The Morgan fingerprint density at radius 3 is 3.00 bits per heavy atom. The predicted octanol–water partition coefficient (Wildman–Crippen LogP) is 1.26. The SMILES string of the molecule is CCNc1cncc(N(C)CCC#N)n1. The van der Waals surface area contributed by atoms with Crippen LogP contribution in [0.4, 0.5) is 11.6 Å². The molecule has 0 aliphatic heterocycles. The lowest BCUT2D eigenvalue weighted by Crippen LogP contribution is -2.20. The lowest BCUT2D eigenvalue weighted by molar-refractivity contribution is 0.878. The van der Waals surface area contributed by atoms with E-state index in [0.717, 1.165) is 18.2 Å². The van der Waals surface area contributed by atoms with Crippen molar-refractivity contribution in [2.45, 2.75) is 13.3 Å². The van der Waals surface area contributed by atoms with Crippen LogP contribution in [0.3, 0.4) is 0 Å². The number of nitriles is 1. The highest BCUT2D eigenvalue weighted by molar-refractivity contribution is 5.43. The van der Waals surface area contributed by atoms with E-state index < -0.39 is 0 Å². The Balaban J connectivity index is 2.67. The van der Waals surface area contributed by atoms with Gasteiger partial charge in [0.2, 0.25) is 0 Å². The molecule has 0 radical (unpaired) electrons. The third kappa shape index (κ3) is 3.43. The van der Waals surface area contributed by atoms with Crippen LogP contribution in [0.2, 0.25) is 0 Å². The van der Waals surface area contributed by atoms with Gasteiger partial charge in [-0.05, 0) is 6.92 Å². The number of anilines is 2. The van der Waals surface area contributed by atoms with Crippen LogP contribution >= 0.6 is 0 Å². The summed E-state index contributed by atoms with van der Waals surface area (Å²) in [5.41, 5.74) is 0. The molecule has 0 aliphatic carbocycles. The van der Waals surface area contributed by atoms with E-state index >= 15 is 0 Å². The zero-order chi connectivity index (χ0) is 11.1. The first kappa shape index (κ1) is 11.2. The zero-order valence-electron chi connectivity index (χ0n) is 9.06. The number of nitrogens with one attached hydrogen (secondary N) is 1. The monoisotopic (exact) mass is 205 g/mol. The Kier molecular flexibility index (Phi) is 4.35. The minimum Gasteiger partial charge on any atom is -0.369 e. The van der Waals surface area contributed by atoms with E-state index in [4.69, 9.17) is 5.26 Å². The lowest BCUT2D eigenvalue weighted by Gasteiger charge is -2.16. The molecule has 0 atom stereocenters. The third-order valence-corrected chi connectivity index (χ3v) is 1.93. The van der Waals surface area contributed by atoms with Gasteiger partial charge >= 0.3 is 0 Å². The molecule has 0 saturated heterocycles. The minimum atomic E-state index is 0.490. The summed E-state index contributed by atoms with van der Waals surface area (Å²) in [7, 11) is 1.90. The van der Waals surface area contributed by atoms with Gasteiger partial charge in [-0.1, -0.05) is 0 Å². The standard InChI is InChI=1S/C10H15N5/c1-3-13-9-7-12-8-10(14-9)15(2)6-4-5-11/h7-8H,3-4,6H2,1-2H3,(H,13,14). The molecule has 1 aromatic heterocycles. The number of aromatic nitrogens is 2. The van der Waals surface area contributed by atoms with Gasteiger partial charge in [0.05, 0.1) is 24.9 Å². The van der Waals surface area contributed by atoms with Crippen molar-refractivity contribution in [3.8, 4) is 6.07 Å². The Morgan fingerprint density at radius 2 is 2.33 bits per heavy atom. The molecule has 5 nitrogen and oxygen atoms in total. The van der Waals surface area contributed by atoms with Gasteiger partial charge in [0.25, 0.3) is 0 Å². The molecule has 1 aromatic rings. The molecule has 1 heterocycles. The Morgan fingerprint density at radius 1 is 1.53 bits per heavy atom. The second-order valence-corrected chi connectivity index (χ2v) is 3.12. The van der Waals surface area contributed by atoms with Gasteiger partial charge in [-0.15, -0.1) is 0 Å². The first-order valence-electron chi connectivity index (χ1n) is 4.92. The Labute approximate surface area is 89.8 Å². The summed E-state index contributed by atoms with van der Waals surface area (Å²) in [6, 6.07) is 2.10. The maximum absolute atomic E-state index is 8.48. The molecule has 0 bridgehead atoms. The summed E-state index contributed by atoms with van der Waals surface area (Å²) in [5.74, 6) is 1.54. The van der Waals surface area contributed by atoms with Crippen LogP contribution in [0.15, 0.2) is 12.4 Å². The minimum absolute atomic E-state index is 0.490. The summed E-state index contributed by atoms with van der Waals surface area (Å²) in [6.07, 6.45) is 3.87. The molecule has 0 aromatic carbocycles. The highest BCUT2D eigenvalue weighted by atomic mass is 15.2. The molecule has 0 amide bonds. The number of hydrogen-bond donors (Lipinski definition) is 1. The van der Waals surface area contributed by atoms with Crippen molar-refractivity contribution in [2.75, 3.05) is 30.4 Å². The molecule has 1 N–H and O–H groups in total. The summed E-state index contributed by atoms with van der Waals surface area (Å²) >= 11 is 0. The summed E-state index contributed by atoms with van der Waals surface area (Å²) in [6.45, 7) is 3.49. The van der Waals surface area contributed by atoms with Gasteiger partial charge in [0.1, 0.15) is 11.6 Å². The molecule has 1 rings (SSSR count). The molecule has 0 spiro atoms. The normalized spacial score (nSPS) is 9.40. The van der Waals surface area contributed by atoms with Crippen molar-refractivity contribution in [3.63, 3.8) is 0 Å². The molecule has 0 fully saturated rings. The molecule has 0 saturated carbocycles. The highest BCUT2D eigenvalue weighted by Crippen LogP contribution is 2.10. The average Bonchev–Trinajstić information content (AvgIpc) is 2.27. The first-order chi connectivity index (χ1) is 7.27. The van der Waals surface area contributed by atoms with Crippen molar-refractivity contribution in [1.29, 1.82) is 5.26 Å². The second kappa shape index (κ2) is 5.81. The van der Waals surface area contributed by atoms with Gasteiger partial charge in [-0.3, -0.25) is 4.98 Å². The maximum atomic E-state index is 8.48. The van der Waals surface area contributed by atoms with Crippen LogP contribution in [0.5, 0.6) is 0 Å². The second-order valence-electron chi connectivity index (χ2n) is 3.12. The number of nitrogens with zero attached hydrogens (tertiary/aromatic N) is 4. The van der Waals surface area contributed by atoms with Gasteiger partial charge < -0.3 is 10.2 Å². The smallest absolute Gasteiger partial charge is 0.149 e. The van der Waals surface area contributed by atoms with Crippen molar-refractivity contribution in [1.82, 2.24) is 9.97 Å². The number of hydrogen-bond acceptors (Lipinski definition) is 5. The summed E-state index contributed by atoms with van der Waals surface area (Å²) < 4.78 is 0. The quantitative estimate of drug-likeness (QED) is 0.784. The van der Waals surface area contributed by atoms with Gasteiger partial charge in [-0.2, -0.15) is 5.26 Å². The highest BCUT2D eigenvalue weighted by Gasteiger charge is 2.03. The van der Waals surface area contributed by atoms with E-state index in [2.05, 4.69) is 21.4 Å². The maximum Gasteiger partial charge on any atom is 0.149 e. The molecular formula is C10H15N5. The number of rotatable bonds is 5. The van der Waals surface area contributed by atoms with Gasteiger partial charge in [0, 0.05) is 20.1 Å². The molecule has 5 heteroatoms. The van der Waals surface area contributed by atoms with E-state index in [1.165, 1.54) is 0 Å². The Bertz CT molecular complexity index is 344. The first-order valence-corrected chi connectivity index (χ1v) is 4.92. The van der Waals surface area contributed by atoms with E-state index in [1.807, 2.05) is 18.9 Å². The van der Waals surface area contributed by atoms with Crippen molar-refractivity contribution < 1.29 is 0 Å². The van der Waals surface area contributed by atoms with Crippen LogP contribution < -0.4 is 10.2 Å². The molecule has 0 unspecified atom stereocenters. The van der Waals surface area contributed by atoms with E-state index in [1.54, 1.807) is 12.4 Å². The van der Waals surface area contributed by atoms with Crippen molar-refractivity contribution >= 4 is 11.6 Å². The van der Waals surface area contributed by atoms with Crippen LogP contribution in [-0.4, -0.2) is 30.1 Å². The van der Waals surface area contributed by atoms with E-state index in [0.29, 0.717) is 13.0 Å². The summed E-state index contributed by atoms with van der Waals surface area (Å²) in [5, 5.41) is 11.6. The molecule has 0 aliphatic rings. The third-order valence-electron chi connectivity index (χ3n) is 1.93. The summed E-state index contributed by atoms with van der Waals surface area (Å²) in [4.78, 5) is 10.4. The van der Waals surface area contributed by atoms with Crippen molar-refractivity contribution in [3.05, 3.63) is 12.4 Å². The lowest BCUT2D eigenvalue weighted by atomic mass is 10.4. The fourth-order valence-electron chi connectivity index (χ4n) is 1.14. The zero-order valence-corrected chi connectivity index (χ0v) is 9.06. The van der Waals surface area contributed by atoms with E-state index in [-0.39, 0.29) is 0 Å². The van der Waals surface area contributed by atoms with Gasteiger partial charge in [-0.25, -0.2) is 4.98 Å². The topological polar surface area (TPSA) is 64.8 Å². The fraction of sp³-hybridized carbons (Fsp3) is 0.500. The van der Waals surface area contributed by atoms with E-state index in [9.17, 15) is 0 Å².